The zero-order valence-electron chi connectivity index (χ0n) is 18.6. The Balaban J connectivity index is 1.39. The average molecular weight is 512 g/mol. The summed E-state index contributed by atoms with van der Waals surface area (Å²) in [4.78, 5) is 24.3. The molecule has 1 N–H and O–H groups in total. The zero-order valence-corrected chi connectivity index (χ0v) is 20.9. The third kappa shape index (κ3) is 5.52. The van der Waals surface area contributed by atoms with Gasteiger partial charge in [-0.3, -0.25) is 4.99 Å². The normalized spacial score (nSPS) is 16.4. The number of halogens is 2. The van der Waals surface area contributed by atoms with Crippen molar-refractivity contribution in [2.45, 2.75) is 10.1 Å². The molecule has 0 radical (unpaired) electrons. The lowest BCUT2D eigenvalue weighted by Gasteiger charge is -2.32. The van der Waals surface area contributed by atoms with E-state index in [0.717, 1.165) is 42.2 Å². The second kappa shape index (κ2) is 10.3. The van der Waals surface area contributed by atoms with Crippen LogP contribution in [0.3, 0.4) is 0 Å². The van der Waals surface area contributed by atoms with Gasteiger partial charge in [0.2, 0.25) is 11.9 Å². The Labute approximate surface area is 212 Å². The molecule has 3 heterocycles. The highest BCUT2D eigenvalue weighted by Crippen LogP contribution is 2.29. The minimum Gasteiger partial charge on any atom is -0.338 e. The third-order valence-electron chi connectivity index (χ3n) is 5.60. The van der Waals surface area contributed by atoms with E-state index in [2.05, 4.69) is 32.1 Å². The van der Waals surface area contributed by atoms with Crippen LogP contribution in [0.15, 0.2) is 69.7 Å². The van der Waals surface area contributed by atoms with Crippen molar-refractivity contribution in [3.8, 4) is 0 Å². The van der Waals surface area contributed by atoms with Gasteiger partial charge in [0.15, 0.2) is 5.16 Å². The summed E-state index contributed by atoms with van der Waals surface area (Å²) in [5, 5.41) is 4.99. The number of nitrogens with zero attached hydrogens (tertiary/aromatic N) is 6. The maximum Gasteiger partial charge on any atom is 0.234 e. The van der Waals surface area contributed by atoms with E-state index in [9.17, 15) is 0 Å². The zero-order chi connectivity index (χ0) is 23.5. The summed E-state index contributed by atoms with van der Waals surface area (Å²) in [6.45, 7) is 4.23. The summed E-state index contributed by atoms with van der Waals surface area (Å²) in [5.41, 5.74) is 2.04. The van der Waals surface area contributed by atoms with Crippen LogP contribution in [0.2, 0.25) is 10.0 Å². The van der Waals surface area contributed by atoms with Crippen LogP contribution in [0.25, 0.3) is 5.57 Å². The number of aromatic nitrogens is 3. The largest absolute Gasteiger partial charge is 0.338 e. The van der Waals surface area contributed by atoms with Crippen LogP contribution in [-0.2, 0) is 0 Å². The van der Waals surface area contributed by atoms with Gasteiger partial charge >= 0.3 is 0 Å². The Morgan fingerprint density at radius 2 is 1.71 bits per heavy atom. The highest BCUT2D eigenvalue weighted by atomic mass is 35.5. The van der Waals surface area contributed by atoms with Gasteiger partial charge in [-0.25, -0.2) is 0 Å². The van der Waals surface area contributed by atoms with Crippen LogP contribution < -0.4 is 10.2 Å². The standard InChI is InChI=1S/C24H23Cl2N7S/c1-32-9-11-33(12-10-32)23-29-22(30-24(31-23)34-18-5-3-2-4-6-18)28-21-14-17(15-27-21)16-7-8-19(25)20(26)13-16/h2-8,13-14H,9-12,15H2,1H3,(H,27,28,29,30,31). The predicted octanol–water partition coefficient (Wildman–Crippen LogP) is 4.99. The first-order valence-electron chi connectivity index (χ1n) is 10.9. The highest BCUT2D eigenvalue weighted by molar-refractivity contribution is 7.99. The molecule has 174 valence electrons. The Morgan fingerprint density at radius 1 is 0.912 bits per heavy atom. The van der Waals surface area contributed by atoms with Crippen molar-refractivity contribution in [1.29, 1.82) is 0 Å². The van der Waals surface area contributed by atoms with E-state index in [-0.39, 0.29) is 0 Å². The molecular formula is C24H23Cl2N7S. The van der Waals surface area contributed by atoms with Crippen molar-refractivity contribution in [3.63, 3.8) is 0 Å². The van der Waals surface area contributed by atoms with Crippen molar-refractivity contribution in [3.05, 3.63) is 70.2 Å². The number of benzene rings is 2. The number of likely N-dealkylation sites (N-methyl/N-ethyl adjacent to an activating group) is 1. The molecular weight excluding hydrogens is 489 g/mol. The van der Waals surface area contributed by atoms with Crippen LogP contribution in [-0.4, -0.2) is 65.5 Å². The topological polar surface area (TPSA) is 69.5 Å². The Bertz CT molecular complexity index is 1240. The number of piperazine rings is 1. The van der Waals surface area contributed by atoms with E-state index in [0.29, 0.717) is 39.5 Å². The number of amidine groups is 1. The second-order valence-corrected chi connectivity index (χ2v) is 9.93. The molecule has 2 aliphatic rings. The van der Waals surface area contributed by atoms with Gasteiger partial charge in [0.05, 0.1) is 16.6 Å². The number of anilines is 2. The fraction of sp³-hybridized carbons (Fsp3) is 0.250. The molecule has 0 atom stereocenters. The van der Waals surface area contributed by atoms with Crippen molar-refractivity contribution < 1.29 is 0 Å². The summed E-state index contributed by atoms with van der Waals surface area (Å²) < 4.78 is 0. The molecule has 10 heteroatoms. The fourth-order valence-electron chi connectivity index (χ4n) is 3.68. The van der Waals surface area contributed by atoms with Gasteiger partial charge in [-0.2, -0.15) is 15.0 Å². The Morgan fingerprint density at radius 3 is 2.47 bits per heavy atom. The lowest BCUT2D eigenvalue weighted by molar-refractivity contribution is 0.311. The maximum atomic E-state index is 6.19. The number of aliphatic imine (C=N–C) groups is 1. The molecule has 2 aromatic carbocycles. The number of hydrogen-bond acceptors (Lipinski definition) is 8. The SMILES string of the molecule is CN1CCN(c2nc(NC3=NCC(c4ccc(Cl)c(Cl)c4)=C3)nc(Sc3ccccc3)n2)CC1. The summed E-state index contributed by atoms with van der Waals surface area (Å²) in [6.07, 6.45) is 1.99. The minimum atomic E-state index is 0.479. The molecule has 0 saturated carbocycles. The predicted molar refractivity (Wildman–Crippen MR) is 140 cm³/mol. The molecule has 0 amide bonds. The molecule has 0 aliphatic carbocycles. The number of nitrogens with one attached hydrogen (secondary N) is 1. The second-order valence-electron chi connectivity index (χ2n) is 8.07. The van der Waals surface area contributed by atoms with Crippen molar-refractivity contribution >= 4 is 58.3 Å². The van der Waals surface area contributed by atoms with Gasteiger partial charge in [-0.05, 0) is 60.3 Å². The van der Waals surface area contributed by atoms with E-state index in [1.54, 1.807) is 6.07 Å². The van der Waals surface area contributed by atoms with Gasteiger partial charge in [0, 0.05) is 31.1 Å². The number of rotatable bonds is 5. The number of hydrogen-bond donors (Lipinski definition) is 1. The molecule has 7 nitrogen and oxygen atoms in total. The maximum absolute atomic E-state index is 6.19. The van der Waals surface area contributed by atoms with E-state index < -0.39 is 0 Å². The third-order valence-corrected chi connectivity index (χ3v) is 7.21. The quantitative estimate of drug-likeness (QED) is 0.517. The van der Waals surface area contributed by atoms with Crippen molar-refractivity contribution in [1.82, 2.24) is 19.9 Å². The van der Waals surface area contributed by atoms with Crippen LogP contribution in [0.1, 0.15) is 5.56 Å². The van der Waals surface area contributed by atoms with Gasteiger partial charge in [-0.1, -0.05) is 47.5 Å². The van der Waals surface area contributed by atoms with E-state index >= 15 is 0 Å². The molecule has 1 aromatic heterocycles. The highest BCUT2D eigenvalue weighted by Gasteiger charge is 2.20. The summed E-state index contributed by atoms with van der Waals surface area (Å²) >= 11 is 13.8. The summed E-state index contributed by atoms with van der Waals surface area (Å²) in [7, 11) is 2.13. The van der Waals surface area contributed by atoms with Crippen molar-refractivity contribution in [2.24, 2.45) is 4.99 Å². The van der Waals surface area contributed by atoms with E-state index in [1.807, 2.05) is 48.5 Å². The molecule has 1 saturated heterocycles. The van der Waals surface area contributed by atoms with E-state index in [1.165, 1.54) is 11.8 Å². The van der Waals surface area contributed by atoms with Gasteiger partial charge in [0.25, 0.3) is 0 Å². The van der Waals surface area contributed by atoms with Gasteiger partial charge in [-0.15, -0.1) is 0 Å². The van der Waals surface area contributed by atoms with Crippen molar-refractivity contribution in [2.75, 3.05) is 50.0 Å². The Hall–Kier alpha value is -2.65. The molecule has 0 spiro atoms. The molecule has 3 aromatic rings. The first kappa shape index (κ1) is 23.1. The van der Waals surface area contributed by atoms with E-state index in [4.69, 9.17) is 33.2 Å². The molecule has 34 heavy (non-hydrogen) atoms. The molecule has 5 rings (SSSR count). The van der Waals surface area contributed by atoms with Crippen LogP contribution in [0.5, 0.6) is 0 Å². The van der Waals surface area contributed by atoms with Crippen LogP contribution in [0.4, 0.5) is 11.9 Å². The lowest BCUT2D eigenvalue weighted by Crippen LogP contribution is -2.45. The summed E-state index contributed by atoms with van der Waals surface area (Å²) in [6, 6.07) is 15.7. The molecule has 0 unspecified atom stereocenters. The summed E-state index contributed by atoms with van der Waals surface area (Å²) in [5.74, 6) is 1.86. The molecule has 1 fully saturated rings. The Kier molecular flexibility index (Phi) is 7.01. The monoisotopic (exact) mass is 511 g/mol. The first-order valence-corrected chi connectivity index (χ1v) is 12.5. The minimum absolute atomic E-state index is 0.479. The fourth-order valence-corrected chi connectivity index (χ4v) is 4.74. The smallest absolute Gasteiger partial charge is 0.234 e. The van der Waals surface area contributed by atoms with Gasteiger partial charge in [0.1, 0.15) is 5.84 Å². The first-order chi connectivity index (χ1) is 16.5. The average Bonchev–Trinajstić information content (AvgIpc) is 3.30. The van der Waals surface area contributed by atoms with Crippen LogP contribution in [0, 0.1) is 0 Å². The lowest BCUT2D eigenvalue weighted by atomic mass is 10.1. The van der Waals surface area contributed by atoms with Crippen LogP contribution >= 0.6 is 35.0 Å². The molecule has 2 aliphatic heterocycles. The van der Waals surface area contributed by atoms with Gasteiger partial charge < -0.3 is 15.1 Å². The molecule has 0 bridgehead atoms.